The lowest BCUT2D eigenvalue weighted by Gasteiger charge is -2.56. The number of nitroso groups, excluding NO2 is 1. The number of alkyl halides is 3. The zero-order valence-corrected chi connectivity index (χ0v) is 27.1. The molecule has 5 rings (SSSR count). The van der Waals surface area contributed by atoms with E-state index in [-0.39, 0.29) is 47.8 Å². The van der Waals surface area contributed by atoms with E-state index in [0.29, 0.717) is 26.3 Å². The van der Waals surface area contributed by atoms with Gasteiger partial charge >= 0.3 is 6.18 Å². The van der Waals surface area contributed by atoms with Gasteiger partial charge in [-0.1, -0.05) is 12.1 Å². The minimum absolute atomic E-state index is 0.0850. The number of allylic oxidation sites excluding steroid dienone is 1. The van der Waals surface area contributed by atoms with Gasteiger partial charge in [0.15, 0.2) is 17.2 Å². The zero-order valence-electron chi connectivity index (χ0n) is 27.1. The van der Waals surface area contributed by atoms with E-state index < -0.39 is 76.0 Å². The summed E-state index contributed by atoms with van der Waals surface area (Å²) in [6.07, 6.45) is -4.47. The van der Waals surface area contributed by atoms with E-state index in [1.54, 1.807) is 14.1 Å². The molecule has 47 heavy (non-hydrogen) atoms. The second-order valence-electron chi connectivity index (χ2n) is 13.1. The molecule has 1 aromatic rings. The summed E-state index contributed by atoms with van der Waals surface area (Å²) in [6.45, 7) is 3.81. The average Bonchev–Trinajstić information content (AvgIpc) is 3.50. The fraction of sp³-hybridized carbons (Fsp3) is 0.656. The summed E-state index contributed by atoms with van der Waals surface area (Å²) in [6, 6.07) is -1.82. The van der Waals surface area contributed by atoms with E-state index in [2.05, 4.69) is 5.18 Å². The van der Waals surface area contributed by atoms with Crippen LogP contribution in [-0.4, -0.2) is 105 Å². The van der Waals surface area contributed by atoms with Crippen LogP contribution in [0.15, 0.2) is 22.6 Å². The molecule has 0 radical (unpaired) electrons. The number of ether oxygens (including phenoxy) is 3. The van der Waals surface area contributed by atoms with Gasteiger partial charge in [0.2, 0.25) is 5.91 Å². The molecule has 12 nitrogen and oxygen atoms in total. The van der Waals surface area contributed by atoms with Crippen LogP contribution in [-0.2, 0) is 42.9 Å². The van der Waals surface area contributed by atoms with E-state index in [4.69, 9.17) is 19.9 Å². The Morgan fingerprint density at radius 3 is 2.47 bits per heavy atom. The number of likely N-dealkylation sites (N-methyl/N-ethyl adjacent to an activating group) is 1. The van der Waals surface area contributed by atoms with Crippen LogP contribution in [0.5, 0.6) is 5.75 Å². The molecule has 0 spiro atoms. The molecule has 258 valence electrons. The highest BCUT2D eigenvalue weighted by molar-refractivity contribution is 6.14. The number of carbonyl (C=O) groups excluding carboxylic acids is 3. The Balaban J connectivity index is 1.71. The lowest BCUT2D eigenvalue weighted by atomic mass is 9.54. The molecular formula is C32H41F3N4O8. The zero-order chi connectivity index (χ0) is 34.6. The van der Waals surface area contributed by atoms with Crippen LogP contribution in [0.3, 0.4) is 0 Å². The molecule has 1 heterocycles. The average molecular weight is 667 g/mol. The van der Waals surface area contributed by atoms with Crippen LogP contribution in [0.1, 0.15) is 46.8 Å². The van der Waals surface area contributed by atoms with Gasteiger partial charge in [0.1, 0.15) is 23.5 Å². The summed E-state index contributed by atoms with van der Waals surface area (Å²) < 4.78 is 62.2. The van der Waals surface area contributed by atoms with Crippen LogP contribution in [0, 0.1) is 28.6 Å². The van der Waals surface area contributed by atoms with Gasteiger partial charge < -0.3 is 25.1 Å². The van der Waals surface area contributed by atoms with Crippen molar-refractivity contribution in [2.45, 2.75) is 56.6 Å². The first-order chi connectivity index (χ1) is 22.2. The minimum Gasteiger partial charge on any atom is -0.507 e. The van der Waals surface area contributed by atoms with Gasteiger partial charge in [-0.3, -0.25) is 24.2 Å². The van der Waals surface area contributed by atoms with Crippen molar-refractivity contribution in [3.8, 4) is 5.75 Å². The van der Waals surface area contributed by atoms with Crippen LogP contribution >= 0.6 is 0 Å². The molecule has 1 amide bonds. The van der Waals surface area contributed by atoms with Crippen molar-refractivity contribution < 1.29 is 46.9 Å². The number of Topliss-reactive ketones (excluding diaryl/α,β-unsaturated/α-hetero) is 2. The molecule has 7 unspecified atom stereocenters. The summed E-state index contributed by atoms with van der Waals surface area (Å²) in [7, 11) is 5.57. The summed E-state index contributed by atoms with van der Waals surface area (Å²) >= 11 is 0. The topological polar surface area (TPSA) is 161 Å². The SMILES string of the molecule is CCN(Cc1cc(O)c2c(c1C(F)(F)F)CC1CC3C(N(C)C)C(=O)C(C(N)=O)C(N=O)C3(OC)C(OC)=C1C2=O)CC1CCOC1. The van der Waals surface area contributed by atoms with Crippen molar-refractivity contribution in [3.63, 3.8) is 0 Å². The van der Waals surface area contributed by atoms with Gasteiger partial charge in [-0.15, -0.1) is 0 Å². The number of hydrogen-bond donors (Lipinski definition) is 2. The maximum absolute atomic E-state index is 15.0. The third-order valence-corrected chi connectivity index (χ3v) is 10.4. The first kappa shape index (κ1) is 34.9. The number of nitrogens with two attached hydrogens (primary N) is 1. The fourth-order valence-corrected chi connectivity index (χ4v) is 8.56. The van der Waals surface area contributed by atoms with Gasteiger partial charge in [-0.05, 0) is 68.9 Å². The lowest BCUT2D eigenvalue weighted by molar-refractivity contribution is -0.169. The Kier molecular flexibility index (Phi) is 9.58. The molecular weight excluding hydrogens is 625 g/mol. The molecule has 2 fully saturated rings. The molecule has 1 saturated carbocycles. The number of primary amides is 1. The number of rotatable bonds is 10. The maximum atomic E-state index is 15.0. The molecule has 7 atom stereocenters. The number of nitrogens with zero attached hydrogens (tertiary/aromatic N) is 3. The Morgan fingerprint density at radius 2 is 1.96 bits per heavy atom. The van der Waals surface area contributed by atoms with Crippen molar-refractivity contribution in [1.29, 1.82) is 0 Å². The third-order valence-electron chi connectivity index (χ3n) is 10.4. The summed E-state index contributed by atoms with van der Waals surface area (Å²) in [5.41, 5.74) is 1.58. The second kappa shape index (κ2) is 12.9. The first-order valence-corrected chi connectivity index (χ1v) is 15.6. The van der Waals surface area contributed by atoms with Crippen molar-refractivity contribution in [1.82, 2.24) is 9.80 Å². The highest BCUT2D eigenvalue weighted by Gasteiger charge is 2.69. The maximum Gasteiger partial charge on any atom is 0.417 e. The van der Waals surface area contributed by atoms with Gasteiger partial charge in [0, 0.05) is 38.3 Å². The van der Waals surface area contributed by atoms with Crippen LogP contribution in [0.2, 0.25) is 0 Å². The Labute approximate surface area is 270 Å². The van der Waals surface area contributed by atoms with Gasteiger partial charge in [-0.25, -0.2) is 0 Å². The Hall–Kier alpha value is -3.40. The minimum atomic E-state index is -4.87. The molecule has 1 aliphatic heterocycles. The number of methoxy groups -OCH3 is 2. The molecule has 4 aliphatic rings. The molecule has 15 heteroatoms. The van der Waals surface area contributed by atoms with E-state index >= 15 is 13.2 Å². The van der Waals surface area contributed by atoms with Crippen LogP contribution < -0.4 is 5.73 Å². The highest BCUT2D eigenvalue weighted by Crippen LogP contribution is 2.57. The number of phenolic OH excluding ortho intramolecular Hbond substituents is 1. The van der Waals surface area contributed by atoms with Gasteiger partial charge in [0.05, 0.1) is 30.9 Å². The number of aromatic hydroxyl groups is 1. The normalized spacial score (nSPS) is 30.8. The number of phenols is 1. The Morgan fingerprint density at radius 1 is 1.26 bits per heavy atom. The van der Waals surface area contributed by atoms with Crippen LogP contribution in [0.4, 0.5) is 13.2 Å². The highest BCUT2D eigenvalue weighted by atomic mass is 19.4. The monoisotopic (exact) mass is 666 g/mol. The quantitative estimate of drug-likeness (QED) is 0.281. The smallest absolute Gasteiger partial charge is 0.417 e. The van der Waals surface area contributed by atoms with E-state index in [9.17, 15) is 24.4 Å². The van der Waals surface area contributed by atoms with E-state index in [0.717, 1.165) is 12.5 Å². The van der Waals surface area contributed by atoms with Gasteiger partial charge in [-0.2, -0.15) is 18.1 Å². The summed E-state index contributed by atoms with van der Waals surface area (Å²) in [5, 5.41) is 14.4. The van der Waals surface area contributed by atoms with Crippen LogP contribution in [0.25, 0.3) is 0 Å². The molecule has 3 N–H and O–H groups in total. The largest absolute Gasteiger partial charge is 0.507 e. The van der Waals surface area contributed by atoms with E-state index in [1.807, 2.05) is 11.8 Å². The number of amides is 1. The number of fused-ring (bicyclic) bond motifs is 3. The number of halogens is 3. The molecule has 0 aromatic heterocycles. The summed E-state index contributed by atoms with van der Waals surface area (Å²) in [4.78, 5) is 56.5. The lowest BCUT2D eigenvalue weighted by Crippen LogP contribution is -2.71. The third kappa shape index (κ3) is 5.54. The molecule has 1 saturated heterocycles. The first-order valence-electron chi connectivity index (χ1n) is 15.6. The molecule has 1 aromatic carbocycles. The van der Waals surface area contributed by atoms with E-state index in [1.165, 1.54) is 19.1 Å². The number of ketones is 2. The summed E-state index contributed by atoms with van der Waals surface area (Å²) in [5.74, 6) is -7.02. The number of carbonyl (C=O) groups is 3. The predicted octanol–water partition coefficient (Wildman–Crippen LogP) is 2.68. The number of hydrogen-bond acceptors (Lipinski definition) is 11. The van der Waals surface area contributed by atoms with Crippen molar-refractivity contribution in [2.24, 2.45) is 34.6 Å². The van der Waals surface area contributed by atoms with Crippen molar-refractivity contribution in [3.05, 3.63) is 44.6 Å². The predicted molar refractivity (Wildman–Crippen MR) is 161 cm³/mol. The second-order valence-corrected chi connectivity index (χ2v) is 13.1. The Bertz CT molecular complexity index is 1490. The number of benzene rings is 1. The standard InChI is InChI=1S/C32H41F3N4O8/c1-6-39(12-15-7-8-47-14-15)13-17-11-20(40)22-18(24(17)32(33,34)35)9-16-10-19-25(38(2)3)27(42)23(30(36)43)28(37-44)31(19,46-5)29(45-4)21(16)26(22)41/h11,15-16,19,23,25,28,40H,6-10,12-14H2,1-5H3,(H2,36,43). The molecule has 3 aliphatic carbocycles. The van der Waals surface area contributed by atoms with Gasteiger partial charge in [0.25, 0.3) is 0 Å². The van der Waals surface area contributed by atoms with Crippen molar-refractivity contribution in [2.75, 3.05) is 54.6 Å². The van der Waals surface area contributed by atoms with Crippen molar-refractivity contribution >= 4 is 17.5 Å². The fourth-order valence-electron chi connectivity index (χ4n) is 8.56. The molecule has 0 bridgehead atoms.